The zero-order valence-corrected chi connectivity index (χ0v) is 20.8. The van der Waals surface area contributed by atoms with Gasteiger partial charge in [-0.3, -0.25) is 9.59 Å². The lowest BCUT2D eigenvalue weighted by Crippen LogP contribution is -2.25. The number of hydrogen-bond donors (Lipinski definition) is 1. The average molecular weight is 539 g/mol. The largest absolute Gasteiger partial charge is 0.497 e. The first-order valence-corrected chi connectivity index (χ1v) is 12.5. The van der Waals surface area contributed by atoms with Crippen LogP contribution in [-0.4, -0.2) is 40.1 Å². The fourth-order valence-electron chi connectivity index (χ4n) is 4.15. The van der Waals surface area contributed by atoms with E-state index in [-0.39, 0.29) is 24.0 Å². The first-order valence-electron chi connectivity index (χ1n) is 11.6. The Bertz CT molecular complexity index is 1440. The van der Waals surface area contributed by atoms with E-state index in [1.807, 2.05) is 24.3 Å². The van der Waals surface area contributed by atoms with Crippen LogP contribution in [0.3, 0.4) is 0 Å². The fourth-order valence-corrected chi connectivity index (χ4v) is 5.21. The summed E-state index contributed by atoms with van der Waals surface area (Å²) in [5.41, 5.74) is 2.47. The maximum absolute atomic E-state index is 13.6. The monoisotopic (exact) mass is 538 g/mol. The summed E-state index contributed by atoms with van der Waals surface area (Å²) in [4.78, 5) is 29.4. The van der Waals surface area contributed by atoms with Crippen LogP contribution in [0.2, 0.25) is 0 Å². The molecular weight excluding hydrogens is 517 g/mol. The molecule has 3 aromatic rings. The molecule has 2 amide bonds. The zero-order chi connectivity index (χ0) is 26.8. The molecule has 2 aliphatic rings. The van der Waals surface area contributed by atoms with E-state index in [4.69, 9.17) is 9.84 Å². The number of benzene rings is 3. The first kappa shape index (κ1) is 25.5. The molecule has 0 bridgehead atoms. The van der Waals surface area contributed by atoms with Crippen LogP contribution >= 0.6 is 11.8 Å². The van der Waals surface area contributed by atoms with Crippen molar-refractivity contribution in [2.75, 3.05) is 12.4 Å². The standard InChI is InChI=1S/C27H21F3N4O3S/c1-37-19-9-4-15(5-10-19)22-13-23(16-2-6-17(28)7-3-16)34(33-22)27-32-26(36)24(38-27)14-25(35)31-18-8-11-20(29)21(30)12-18/h2-12,23-24H,13-14H2,1H3,(H,31,35)/t23-,24+/m1/s1. The van der Waals surface area contributed by atoms with Crippen LogP contribution in [0.5, 0.6) is 5.75 Å². The van der Waals surface area contributed by atoms with Gasteiger partial charge in [0.25, 0.3) is 5.91 Å². The highest BCUT2D eigenvalue weighted by Crippen LogP contribution is 2.38. The SMILES string of the molecule is COc1ccc(C2=NN(C3=NC(=O)[C@H](CC(=O)Nc4ccc(F)c(F)c4)S3)[C@@H](c3ccc(F)cc3)C2)cc1. The van der Waals surface area contributed by atoms with Crippen molar-refractivity contribution >= 4 is 40.1 Å². The van der Waals surface area contributed by atoms with Crippen molar-refractivity contribution in [1.82, 2.24) is 5.01 Å². The van der Waals surface area contributed by atoms with Gasteiger partial charge in [-0.2, -0.15) is 10.1 Å². The van der Waals surface area contributed by atoms with Crippen LogP contribution in [0.4, 0.5) is 18.9 Å². The summed E-state index contributed by atoms with van der Waals surface area (Å²) in [6.45, 7) is 0. The molecule has 0 aromatic heterocycles. The molecule has 194 valence electrons. The second-order valence-electron chi connectivity index (χ2n) is 8.61. The summed E-state index contributed by atoms with van der Waals surface area (Å²) >= 11 is 1.10. The number of ether oxygens (including phenoxy) is 1. The minimum Gasteiger partial charge on any atom is -0.497 e. The van der Waals surface area contributed by atoms with Gasteiger partial charge in [0.1, 0.15) is 16.8 Å². The lowest BCUT2D eigenvalue weighted by molar-refractivity contribution is -0.121. The molecule has 2 heterocycles. The van der Waals surface area contributed by atoms with Crippen LogP contribution in [0.25, 0.3) is 0 Å². The Labute approximate surface area is 220 Å². The number of halogens is 3. The van der Waals surface area contributed by atoms with E-state index in [9.17, 15) is 22.8 Å². The number of amidine groups is 1. The number of anilines is 1. The average Bonchev–Trinajstić information content (AvgIpc) is 3.51. The Kier molecular flexibility index (Phi) is 7.19. The number of nitrogens with one attached hydrogen (secondary N) is 1. The van der Waals surface area contributed by atoms with Gasteiger partial charge >= 0.3 is 0 Å². The molecule has 38 heavy (non-hydrogen) atoms. The summed E-state index contributed by atoms with van der Waals surface area (Å²) in [7, 11) is 1.58. The van der Waals surface area contributed by atoms with Crippen molar-refractivity contribution in [3.05, 3.63) is 95.3 Å². The Hall–Kier alpha value is -4.12. The van der Waals surface area contributed by atoms with Gasteiger partial charge in [-0.05, 0) is 59.7 Å². The van der Waals surface area contributed by atoms with Crippen LogP contribution in [0.15, 0.2) is 76.8 Å². The summed E-state index contributed by atoms with van der Waals surface area (Å²) in [6.07, 6.45) is 0.257. The van der Waals surface area contributed by atoms with Gasteiger partial charge in [0, 0.05) is 24.6 Å². The van der Waals surface area contributed by atoms with Crippen molar-refractivity contribution in [2.45, 2.75) is 24.1 Å². The fraction of sp³-hybridized carbons (Fsp3) is 0.185. The molecule has 0 aliphatic carbocycles. The molecule has 2 atom stereocenters. The summed E-state index contributed by atoms with van der Waals surface area (Å²) in [5, 5.41) is 8.34. The van der Waals surface area contributed by atoms with Crippen molar-refractivity contribution in [2.24, 2.45) is 10.1 Å². The van der Waals surface area contributed by atoms with Gasteiger partial charge in [-0.25, -0.2) is 18.2 Å². The predicted octanol–water partition coefficient (Wildman–Crippen LogP) is 5.29. The molecule has 0 spiro atoms. The molecule has 5 rings (SSSR count). The van der Waals surface area contributed by atoms with Crippen LogP contribution in [0, 0.1) is 17.5 Å². The molecule has 0 unspecified atom stereocenters. The van der Waals surface area contributed by atoms with Crippen LogP contribution in [-0.2, 0) is 9.59 Å². The van der Waals surface area contributed by atoms with E-state index in [2.05, 4.69) is 10.3 Å². The molecule has 0 fully saturated rings. The van der Waals surface area contributed by atoms with E-state index in [0.29, 0.717) is 17.3 Å². The van der Waals surface area contributed by atoms with E-state index in [1.54, 1.807) is 24.3 Å². The van der Waals surface area contributed by atoms with Crippen molar-refractivity contribution in [3.8, 4) is 5.75 Å². The normalized spacial score (nSPS) is 18.8. The topological polar surface area (TPSA) is 83.4 Å². The number of nitrogens with zero attached hydrogens (tertiary/aromatic N) is 3. The lowest BCUT2D eigenvalue weighted by atomic mass is 9.98. The van der Waals surface area contributed by atoms with E-state index in [0.717, 1.165) is 40.7 Å². The molecule has 3 aromatic carbocycles. The minimum atomic E-state index is -1.09. The van der Waals surface area contributed by atoms with Gasteiger partial charge in [0.15, 0.2) is 16.8 Å². The minimum absolute atomic E-state index is 0.0788. The third-order valence-electron chi connectivity index (χ3n) is 6.09. The van der Waals surface area contributed by atoms with E-state index in [1.165, 1.54) is 18.2 Å². The van der Waals surface area contributed by atoms with Gasteiger partial charge in [-0.1, -0.05) is 23.9 Å². The van der Waals surface area contributed by atoms with Crippen LogP contribution in [0.1, 0.15) is 30.0 Å². The molecular formula is C27H21F3N4O3S. The summed E-state index contributed by atoms with van der Waals surface area (Å²) in [6, 6.07) is 16.1. The van der Waals surface area contributed by atoms with Gasteiger partial charge < -0.3 is 10.1 Å². The number of carbonyl (C=O) groups is 2. The molecule has 0 radical (unpaired) electrons. The Morgan fingerprint density at radius 1 is 1.05 bits per heavy atom. The molecule has 0 saturated carbocycles. The number of thioether (sulfide) groups is 1. The van der Waals surface area contributed by atoms with Crippen molar-refractivity contribution in [1.29, 1.82) is 0 Å². The third-order valence-corrected chi connectivity index (χ3v) is 7.23. The smallest absolute Gasteiger partial charge is 0.262 e. The molecule has 1 N–H and O–H groups in total. The zero-order valence-electron chi connectivity index (χ0n) is 20.0. The van der Waals surface area contributed by atoms with Crippen molar-refractivity contribution in [3.63, 3.8) is 0 Å². The van der Waals surface area contributed by atoms with Gasteiger partial charge in [-0.15, -0.1) is 0 Å². The second-order valence-corrected chi connectivity index (χ2v) is 9.78. The highest BCUT2D eigenvalue weighted by Gasteiger charge is 2.39. The Balaban J connectivity index is 1.34. The van der Waals surface area contributed by atoms with E-state index >= 15 is 0 Å². The number of methoxy groups -OCH3 is 1. The maximum atomic E-state index is 13.6. The third kappa shape index (κ3) is 5.42. The highest BCUT2D eigenvalue weighted by molar-refractivity contribution is 8.15. The Morgan fingerprint density at radius 2 is 1.79 bits per heavy atom. The first-order chi connectivity index (χ1) is 18.3. The number of carbonyl (C=O) groups excluding carboxylic acids is 2. The molecule has 11 heteroatoms. The summed E-state index contributed by atoms with van der Waals surface area (Å²) < 4.78 is 45.5. The summed E-state index contributed by atoms with van der Waals surface area (Å²) in [5.74, 6) is -2.84. The Morgan fingerprint density at radius 3 is 2.47 bits per heavy atom. The van der Waals surface area contributed by atoms with Gasteiger partial charge in [0.05, 0.1) is 18.9 Å². The van der Waals surface area contributed by atoms with Crippen molar-refractivity contribution < 1.29 is 27.5 Å². The number of amides is 2. The van der Waals surface area contributed by atoms with Gasteiger partial charge in [0.2, 0.25) is 5.91 Å². The van der Waals surface area contributed by atoms with Crippen LogP contribution < -0.4 is 10.1 Å². The lowest BCUT2D eigenvalue weighted by Gasteiger charge is -2.23. The van der Waals surface area contributed by atoms with E-state index < -0.39 is 28.7 Å². The number of aliphatic imine (C=N–C) groups is 1. The molecule has 7 nitrogen and oxygen atoms in total. The number of hydrogen-bond acceptors (Lipinski definition) is 6. The molecule has 2 aliphatic heterocycles. The number of hydrazone groups is 1. The second kappa shape index (κ2) is 10.7. The quantitative estimate of drug-likeness (QED) is 0.461. The highest BCUT2D eigenvalue weighted by atomic mass is 32.2. The molecule has 0 saturated heterocycles. The maximum Gasteiger partial charge on any atom is 0.262 e. The predicted molar refractivity (Wildman–Crippen MR) is 139 cm³/mol. The number of rotatable bonds is 6.